The molecule has 0 aliphatic rings. The number of carbonyl (C=O) groups excluding carboxylic acids is 1. The highest BCUT2D eigenvalue weighted by Gasteiger charge is 2.26. The maximum absolute atomic E-state index is 12.7. The molecule has 0 aliphatic heterocycles. The Bertz CT molecular complexity index is 1230. The van der Waals surface area contributed by atoms with Gasteiger partial charge in [-0.05, 0) is 96.3 Å². The predicted molar refractivity (Wildman–Crippen MR) is 239 cm³/mol. The summed E-state index contributed by atoms with van der Waals surface area (Å²) in [5.41, 5.74) is 5.36. The molecule has 0 aromatic heterocycles. The molecular formula is C47H79N2O6P. The van der Waals surface area contributed by atoms with E-state index in [1.54, 1.807) is 6.08 Å². The number of allylic oxidation sites excluding steroid dienone is 17. The van der Waals surface area contributed by atoms with Gasteiger partial charge in [-0.15, -0.1) is 0 Å². The summed E-state index contributed by atoms with van der Waals surface area (Å²) in [5.74, 6) is -0.239. The quantitative estimate of drug-likeness (QED) is 0.0278. The summed E-state index contributed by atoms with van der Waals surface area (Å²) >= 11 is 0. The molecule has 318 valence electrons. The molecule has 0 rings (SSSR count). The SMILES string of the molecule is CC/C=C\C/C=C\C/C=C\C/C=C\C/C=C\C/C=C\CCCCCCC(=O)NC(COP(=O)(O)OCCN)C(O)/C=C/CC/C=C/CC/C=C/CCCCCC. The average Bonchev–Trinajstić information content (AvgIpc) is 3.19. The van der Waals surface area contributed by atoms with Gasteiger partial charge < -0.3 is 21.1 Å². The zero-order valence-electron chi connectivity index (χ0n) is 35.1. The van der Waals surface area contributed by atoms with Crippen molar-refractivity contribution in [1.82, 2.24) is 5.32 Å². The van der Waals surface area contributed by atoms with E-state index in [0.29, 0.717) is 12.8 Å². The second kappa shape index (κ2) is 41.8. The first-order chi connectivity index (χ1) is 27.4. The van der Waals surface area contributed by atoms with Gasteiger partial charge in [0.1, 0.15) is 0 Å². The van der Waals surface area contributed by atoms with Crippen molar-refractivity contribution in [2.45, 2.75) is 161 Å². The number of nitrogens with two attached hydrogens (primary N) is 1. The third-order valence-corrected chi connectivity index (χ3v) is 9.54. The van der Waals surface area contributed by atoms with E-state index in [-0.39, 0.29) is 25.7 Å². The second-order valence-corrected chi connectivity index (χ2v) is 15.2. The lowest BCUT2D eigenvalue weighted by Gasteiger charge is -2.23. The van der Waals surface area contributed by atoms with Crippen LogP contribution in [0.4, 0.5) is 0 Å². The van der Waals surface area contributed by atoms with Crippen LogP contribution in [0.1, 0.15) is 149 Å². The molecule has 0 saturated carbocycles. The number of nitrogens with one attached hydrogen (secondary N) is 1. The lowest BCUT2D eigenvalue weighted by atomic mass is 10.1. The van der Waals surface area contributed by atoms with Crippen LogP contribution in [-0.2, 0) is 18.4 Å². The number of aliphatic hydroxyl groups excluding tert-OH is 1. The van der Waals surface area contributed by atoms with Crippen LogP contribution in [0, 0.1) is 0 Å². The van der Waals surface area contributed by atoms with Crippen molar-refractivity contribution in [3.05, 3.63) is 109 Å². The molecule has 3 unspecified atom stereocenters. The van der Waals surface area contributed by atoms with Crippen LogP contribution in [0.15, 0.2) is 109 Å². The molecule has 0 aromatic rings. The first-order valence-corrected chi connectivity index (χ1v) is 23.0. The molecular weight excluding hydrogens is 719 g/mol. The summed E-state index contributed by atoms with van der Waals surface area (Å²) < 4.78 is 22.1. The van der Waals surface area contributed by atoms with Crippen LogP contribution in [-0.4, -0.2) is 47.8 Å². The molecule has 9 heteroatoms. The second-order valence-electron chi connectivity index (χ2n) is 13.8. The number of phosphoric ester groups is 1. The number of rotatable bonds is 38. The van der Waals surface area contributed by atoms with Crippen molar-refractivity contribution in [3.63, 3.8) is 0 Å². The van der Waals surface area contributed by atoms with Crippen LogP contribution in [0.25, 0.3) is 0 Å². The summed E-state index contributed by atoms with van der Waals surface area (Å²) in [6, 6.07) is -0.905. The molecule has 0 saturated heterocycles. The standard InChI is InChI=1S/C47H79N2O6P/c1-3-5-7-9-11-13-15-17-19-20-21-22-23-24-25-26-27-29-31-33-35-37-39-41-47(51)49-45(44-55-56(52,53)54-43-42-48)46(50)40-38-36-34-32-30-28-18-16-14-12-10-8-6-4-2/h5,7,11,13-14,16-17,19,21-22,24-25,27,29-30,32,38,40,45-46,50H,3-4,6,8-10,12,15,18,20,23,26,28,31,33-37,39,41-44,48H2,1-2H3,(H,49,51)(H,52,53)/b7-5-,13-11-,16-14+,19-17-,22-21-,25-24-,29-27-,32-30+,40-38+. The fraction of sp³-hybridized carbons (Fsp3) is 0.596. The van der Waals surface area contributed by atoms with Crippen molar-refractivity contribution in [2.75, 3.05) is 19.8 Å². The summed E-state index contributed by atoms with van der Waals surface area (Å²) in [5, 5.41) is 13.6. The molecule has 0 aromatic carbocycles. The number of unbranched alkanes of at least 4 members (excludes halogenated alkanes) is 10. The number of hydrogen-bond donors (Lipinski definition) is 4. The monoisotopic (exact) mass is 799 g/mol. The Morgan fingerprint density at radius 2 is 1.05 bits per heavy atom. The largest absolute Gasteiger partial charge is 0.472 e. The molecule has 0 bridgehead atoms. The highest BCUT2D eigenvalue weighted by atomic mass is 31.2. The molecule has 0 radical (unpaired) electrons. The van der Waals surface area contributed by atoms with Gasteiger partial charge in [0, 0.05) is 13.0 Å². The molecule has 56 heavy (non-hydrogen) atoms. The summed E-state index contributed by atoms with van der Waals surface area (Å²) in [6.07, 6.45) is 58.5. The molecule has 3 atom stereocenters. The number of aliphatic hydroxyl groups is 1. The van der Waals surface area contributed by atoms with E-state index in [9.17, 15) is 19.4 Å². The van der Waals surface area contributed by atoms with Gasteiger partial charge in [-0.3, -0.25) is 13.8 Å². The Labute approximate surface area is 342 Å². The predicted octanol–water partition coefficient (Wildman–Crippen LogP) is 12.2. The van der Waals surface area contributed by atoms with Crippen molar-refractivity contribution in [1.29, 1.82) is 0 Å². The van der Waals surface area contributed by atoms with Crippen LogP contribution < -0.4 is 11.1 Å². The Balaban J connectivity index is 4.35. The van der Waals surface area contributed by atoms with E-state index >= 15 is 0 Å². The topological polar surface area (TPSA) is 131 Å². The molecule has 5 N–H and O–H groups in total. The van der Waals surface area contributed by atoms with Gasteiger partial charge >= 0.3 is 7.82 Å². The molecule has 0 fully saturated rings. The third kappa shape index (κ3) is 39.4. The van der Waals surface area contributed by atoms with Gasteiger partial charge in [0.15, 0.2) is 0 Å². The van der Waals surface area contributed by atoms with Gasteiger partial charge in [-0.2, -0.15) is 0 Å². The molecule has 1 amide bonds. The minimum absolute atomic E-state index is 0.0606. The number of carbonyl (C=O) groups is 1. The molecule has 0 spiro atoms. The first kappa shape index (κ1) is 53.2. The fourth-order valence-electron chi connectivity index (χ4n) is 5.34. The van der Waals surface area contributed by atoms with E-state index in [1.807, 2.05) is 6.08 Å². The Morgan fingerprint density at radius 3 is 1.57 bits per heavy atom. The normalized spacial score (nSPS) is 15.2. The number of hydrogen-bond acceptors (Lipinski definition) is 6. The van der Waals surface area contributed by atoms with Crippen LogP contribution >= 0.6 is 7.82 Å². The lowest BCUT2D eigenvalue weighted by molar-refractivity contribution is -0.123. The van der Waals surface area contributed by atoms with E-state index in [2.05, 4.69) is 116 Å². The maximum atomic E-state index is 12.7. The van der Waals surface area contributed by atoms with Crippen LogP contribution in [0.5, 0.6) is 0 Å². The van der Waals surface area contributed by atoms with Gasteiger partial charge in [-0.25, -0.2) is 4.57 Å². The first-order valence-electron chi connectivity index (χ1n) is 21.5. The molecule has 8 nitrogen and oxygen atoms in total. The molecule has 0 aliphatic carbocycles. The van der Waals surface area contributed by atoms with Crippen molar-refractivity contribution >= 4 is 13.7 Å². The zero-order chi connectivity index (χ0) is 41.1. The van der Waals surface area contributed by atoms with E-state index in [4.69, 9.17) is 14.8 Å². The Morgan fingerprint density at radius 1 is 0.607 bits per heavy atom. The minimum Gasteiger partial charge on any atom is -0.387 e. The summed E-state index contributed by atoms with van der Waals surface area (Å²) in [6.45, 7) is 3.91. The van der Waals surface area contributed by atoms with Gasteiger partial charge in [0.25, 0.3) is 0 Å². The van der Waals surface area contributed by atoms with Gasteiger partial charge in [0.2, 0.25) is 5.91 Å². The highest BCUT2D eigenvalue weighted by Crippen LogP contribution is 2.43. The van der Waals surface area contributed by atoms with Gasteiger partial charge in [0.05, 0.1) is 25.4 Å². The average molecular weight is 799 g/mol. The van der Waals surface area contributed by atoms with Crippen LogP contribution in [0.3, 0.4) is 0 Å². The fourth-order valence-corrected chi connectivity index (χ4v) is 6.10. The zero-order valence-corrected chi connectivity index (χ0v) is 36.0. The number of amides is 1. The molecule has 0 heterocycles. The number of phosphoric acid groups is 1. The summed E-state index contributed by atoms with van der Waals surface area (Å²) in [4.78, 5) is 22.7. The van der Waals surface area contributed by atoms with E-state index < -0.39 is 20.0 Å². The van der Waals surface area contributed by atoms with Crippen molar-refractivity contribution < 1.29 is 28.4 Å². The highest BCUT2D eigenvalue weighted by molar-refractivity contribution is 7.47. The lowest BCUT2D eigenvalue weighted by Crippen LogP contribution is -2.45. The van der Waals surface area contributed by atoms with Gasteiger partial charge in [-0.1, -0.05) is 155 Å². The van der Waals surface area contributed by atoms with Crippen molar-refractivity contribution in [2.24, 2.45) is 5.73 Å². The smallest absolute Gasteiger partial charge is 0.387 e. The third-order valence-electron chi connectivity index (χ3n) is 8.56. The van der Waals surface area contributed by atoms with Crippen molar-refractivity contribution in [3.8, 4) is 0 Å². The Hall–Kier alpha value is -2.84. The summed E-state index contributed by atoms with van der Waals surface area (Å²) in [7, 11) is -4.37. The van der Waals surface area contributed by atoms with Crippen LogP contribution in [0.2, 0.25) is 0 Å². The Kier molecular flexibility index (Phi) is 39.7. The van der Waals surface area contributed by atoms with E-state index in [1.165, 1.54) is 25.7 Å². The van der Waals surface area contributed by atoms with E-state index in [0.717, 1.165) is 96.3 Å². The maximum Gasteiger partial charge on any atom is 0.472 e. The minimum atomic E-state index is -4.37.